The Labute approximate surface area is 146 Å². The minimum absolute atomic E-state index is 0.0619. The van der Waals surface area contributed by atoms with Crippen LogP contribution in [-0.2, 0) is 11.3 Å². The molecule has 1 saturated heterocycles. The van der Waals surface area contributed by atoms with Gasteiger partial charge in [0.05, 0.1) is 0 Å². The smallest absolute Gasteiger partial charge is 0.328 e. The number of aryl methyl sites for hydroxylation is 1. The first kappa shape index (κ1) is 17.2. The lowest BCUT2D eigenvalue weighted by atomic mass is 9.92. The van der Waals surface area contributed by atoms with Crippen LogP contribution in [0.5, 0.6) is 0 Å². The van der Waals surface area contributed by atoms with Crippen LogP contribution in [0.3, 0.4) is 0 Å². The van der Waals surface area contributed by atoms with Crippen LogP contribution >= 0.6 is 0 Å². The van der Waals surface area contributed by atoms with Crippen LogP contribution < -0.4 is 11.2 Å². The summed E-state index contributed by atoms with van der Waals surface area (Å²) in [7, 11) is 0. The Morgan fingerprint density at radius 3 is 2.64 bits per heavy atom. The SMILES string of the molecule is O=C(CCn1ccc(=O)[nH]c1=O)N1CCC[C@@H](c2ccccc2)CC1. The van der Waals surface area contributed by atoms with E-state index in [2.05, 4.69) is 29.2 Å². The van der Waals surface area contributed by atoms with Crippen LogP contribution in [0.15, 0.2) is 52.2 Å². The van der Waals surface area contributed by atoms with Crippen LogP contribution in [0.25, 0.3) is 0 Å². The Morgan fingerprint density at radius 2 is 1.88 bits per heavy atom. The van der Waals surface area contributed by atoms with Crippen molar-refractivity contribution >= 4 is 5.91 Å². The van der Waals surface area contributed by atoms with Crippen molar-refractivity contribution in [3.63, 3.8) is 0 Å². The van der Waals surface area contributed by atoms with Crippen LogP contribution in [0.1, 0.15) is 37.2 Å². The van der Waals surface area contributed by atoms with Crippen molar-refractivity contribution in [2.24, 2.45) is 0 Å². The molecule has 6 nitrogen and oxygen atoms in total. The Kier molecular flexibility index (Phi) is 5.48. The summed E-state index contributed by atoms with van der Waals surface area (Å²) in [5, 5.41) is 0. The Morgan fingerprint density at radius 1 is 1.08 bits per heavy atom. The summed E-state index contributed by atoms with van der Waals surface area (Å²) in [6.07, 6.45) is 4.75. The molecule has 0 spiro atoms. The molecule has 25 heavy (non-hydrogen) atoms. The van der Waals surface area contributed by atoms with Crippen LogP contribution in [0.4, 0.5) is 0 Å². The van der Waals surface area contributed by atoms with Gasteiger partial charge in [-0.25, -0.2) is 4.79 Å². The molecule has 132 valence electrons. The quantitative estimate of drug-likeness (QED) is 0.920. The van der Waals surface area contributed by atoms with Crippen LogP contribution in [0, 0.1) is 0 Å². The average molecular weight is 341 g/mol. The largest absolute Gasteiger partial charge is 0.343 e. The predicted octanol–water partition coefficient (Wildman–Crippen LogP) is 1.72. The van der Waals surface area contributed by atoms with Crippen molar-refractivity contribution in [3.8, 4) is 0 Å². The average Bonchev–Trinajstić information content (AvgIpc) is 2.88. The standard InChI is InChI=1S/C19H23N3O3/c23-17-9-13-22(19(25)20-17)14-10-18(24)21-11-4-7-16(8-12-21)15-5-2-1-3-6-15/h1-3,5-6,9,13,16H,4,7-8,10-12,14H2,(H,20,23,25)/t16-/m1/s1. The number of benzene rings is 1. The number of aromatic amines is 1. The fraction of sp³-hybridized carbons (Fsp3) is 0.421. The van der Waals surface area contributed by atoms with Crippen molar-refractivity contribution < 1.29 is 4.79 Å². The van der Waals surface area contributed by atoms with Gasteiger partial charge in [0, 0.05) is 38.3 Å². The summed E-state index contributed by atoms with van der Waals surface area (Å²) in [4.78, 5) is 39.3. The molecule has 1 atom stereocenters. The van der Waals surface area contributed by atoms with Gasteiger partial charge in [-0.15, -0.1) is 0 Å². The molecule has 3 rings (SSSR count). The molecule has 0 bridgehead atoms. The second kappa shape index (κ2) is 7.96. The highest BCUT2D eigenvalue weighted by Crippen LogP contribution is 2.27. The minimum atomic E-state index is -0.472. The van der Waals surface area contributed by atoms with E-state index in [1.807, 2.05) is 11.0 Å². The number of carbonyl (C=O) groups is 1. The summed E-state index contributed by atoms with van der Waals surface area (Å²) in [6, 6.07) is 11.8. The molecule has 0 saturated carbocycles. The third-order valence-corrected chi connectivity index (χ3v) is 4.82. The summed E-state index contributed by atoms with van der Waals surface area (Å²) in [5.74, 6) is 0.563. The van der Waals surface area contributed by atoms with Gasteiger partial charge in [0.15, 0.2) is 0 Å². The van der Waals surface area contributed by atoms with E-state index in [1.165, 1.54) is 22.4 Å². The van der Waals surface area contributed by atoms with Gasteiger partial charge in [-0.3, -0.25) is 14.6 Å². The lowest BCUT2D eigenvalue weighted by molar-refractivity contribution is -0.131. The molecule has 1 aromatic heterocycles. The third kappa shape index (κ3) is 4.47. The summed E-state index contributed by atoms with van der Waals surface area (Å²) < 4.78 is 1.36. The van der Waals surface area contributed by atoms with Crippen LogP contribution in [-0.4, -0.2) is 33.4 Å². The van der Waals surface area contributed by atoms with Crippen molar-refractivity contribution in [1.29, 1.82) is 0 Å². The zero-order valence-electron chi connectivity index (χ0n) is 14.2. The maximum Gasteiger partial charge on any atom is 0.328 e. The molecule has 2 aromatic rings. The van der Waals surface area contributed by atoms with E-state index in [-0.39, 0.29) is 18.9 Å². The number of carbonyl (C=O) groups excluding carboxylic acids is 1. The zero-order chi connectivity index (χ0) is 17.6. The molecule has 6 heteroatoms. The first-order valence-electron chi connectivity index (χ1n) is 8.76. The van der Waals surface area contributed by atoms with Gasteiger partial charge in [-0.2, -0.15) is 0 Å². The molecule has 0 unspecified atom stereocenters. The second-order valence-corrected chi connectivity index (χ2v) is 6.47. The van der Waals surface area contributed by atoms with E-state index in [0.29, 0.717) is 5.92 Å². The van der Waals surface area contributed by atoms with Gasteiger partial charge in [0.2, 0.25) is 5.91 Å². The topological polar surface area (TPSA) is 75.2 Å². The number of nitrogens with zero attached hydrogens (tertiary/aromatic N) is 2. The molecular formula is C19H23N3O3. The first-order valence-corrected chi connectivity index (χ1v) is 8.76. The van der Waals surface area contributed by atoms with Gasteiger partial charge < -0.3 is 9.47 Å². The number of hydrogen-bond donors (Lipinski definition) is 1. The molecule has 0 aliphatic carbocycles. The number of nitrogens with one attached hydrogen (secondary N) is 1. The van der Waals surface area contributed by atoms with Gasteiger partial charge in [-0.05, 0) is 30.7 Å². The molecule has 1 aliphatic rings. The zero-order valence-corrected chi connectivity index (χ0v) is 14.2. The third-order valence-electron chi connectivity index (χ3n) is 4.82. The Hall–Kier alpha value is -2.63. The fourth-order valence-electron chi connectivity index (χ4n) is 3.40. The lowest BCUT2D eigenvalue weighted by Crippen LogP contribution is -2.34. The molecule has 2 heterocycles. The van der Waals surface area contributed by atoms with E-state index in [0.717, 1.165) is 32.4 Å². The molecule has 1 amide bonds. The van der Waals surface area contributed by atoms with Gasteiger partial charge in [0.1, 0.15) is 0 Å². The van der Waals surface area contributed by atoms with Gasteiger partial charge >= 0.3 is 5.69 Å². The van der Waals surface area contributed by atoms with E-state index in [4.69, 9.17) is 0 Å². The number of amides is 1. The summed E-state index contributed by atoms with van der Waals surface area (Å²) in [5.41, 5.74) is 0.448. The van der Waals surface area contributed by atoms with E-state index < -0.39 is 11.2 Å². The minimum Gasteiger partial charge on any atom is -0.343 e. The van der Waals surface area contributed by atoms with E-state index in [9.17, 15) is 14.4 Å². The normalized spacial score (nSPS) is 17.9. The van der Waals surface area contributed by atoms with Crippen molar-refractivity contribution in [2.75, 3.05) is 13.1 Å². The number of H-pyrrole nitrogens is 1. The lowest BCUT2D eigenvalue weighted by Gasteiger charge is -2.21. The van der Waals surface area contributed by atoms with Crippen molar-refractivity contribution in [1.82, 2.24) is 14.5 Å². The van der Waals surface area contributed by atoms with Crippen LogP contribution in [0.2, 0.25) is 0 Å². The highest BCUT2D eigenvalue weighted by atomic mass is 16.2. The maximum atomic E-state index is 12.5. The Balaban J connectivity index is 1.56. The maximum absolute atomic E-state index is 12.5. The molecule has 0 radical (unpaired) electrons. The summed E-state index contributed by atoms with van der Waals surface area (Å²) in [6.45, 7) is 1.80. The second-order valence-electron chi connectivity index (χ2n) is 6.47. The molecule has 1 aromatic carbocycles. The molecule has 1 fully saturated rings. The van der Waals surface area contributed by atoms with Crippen molar-refractivity contribution in [2.45, 2.75) is 38.1 Å². The van der Waals surface area contributed by atoms with Gasteiger partial charge in [0.25, 0.3) is 5.56 Å². The van der Waals surface area contributed by atoms with E-state index >= 15 is 0 Å². The fourth-order valence-corrected chi connectivity index (χ4v) is 3.40. The molecular weight excluding hydrogens is 318 g/mol. The van der Waals surface area contributed by atoms with Gasteiger partial charge in [-0.1, -0.05) is 30.3 Å². The molecule has 1 N–H and O–H groups in total. The first-order chi connectivity index (χ1) is 12.1. The number of aromatic nitrogens is 2. The van der Waals surface area contributed by atoms with E-state index in [1.54, 1.807) is 0 Å². The predicted molar refractivity (Wildman–Crippen MR) is 95.6 cm³/mol. The summed E-state index contributed by atoms with van der Waals surface area (Å²) >= 11 is 0. The highest BCUT2D eigenvalue weighted by Gasteiger charge is 2.21. The van der Waals surface area contributed by atoms with Crippen molar-refractivity contribution in [3.05, 3.63) is 69.0 Å². The molecule has 1 aliphatic heterocycles. The number of rotatable bonds is 4. The monoisotopic (exact) mass is 341 g/mol. The number of likely N-dealkylation sites (tertiary alicyclic amines) is 1. The highest BCUT2D eigenvalue weighted by molar-refractivity contribution is 5.76. The Bertz CT molecular complexity index is 826. The number of hydrogen-bond acceptors (Lipinski definition) is 3.